The van der Waals surface area contributed by atoms with Crippen LogP contribution in [0.25, 0.3) is 5.69 Å². The van der Waals surface area contributed by atoms with E-state index in [1.54, 1.807) is 23.2 Å². The Morgan fingerprint density at radius 2 is 1.77 bits per heavy atom. The Kier molecular flexibility index (Phi) is 5.53. The third-order valence-electron chi connectivity index (χ3n) is 5.21. The van der Waals surface area contributed by atoms with Crippen LogP contribution < -0.4 is 16.0 Å². The van der Waals surface area contributed by atoms with Crippen LogP contribution in [0.4, 0.5) is 4.39 Å². The average Bonchev–Trinajstić information content (AvgIpc) is 2.78. The van der Waals surface area contributed by atoms with Gasteiger partial charge in [-0.05, 0) is 53.9 Å². The van der Waals surface area contributed by atoms with Crippen LogP contribution in [-0.2, 0) is 17.8 Å². The number of rotatable bonds is 5. The number of para-hydroxylation sites is 1. The van der Waals surface area contributed by atoms with Crippen molar-refractivity contribution in [1.29, 1.82) is 0 Å². The number of benzene rings is 2. The van der Waals surface area contributed by atoms with Gasteiger partial charge >= 0.3 is 0 Å². The average molecular weight is 421 g/mol. The molecule has 0 aliphatic carbocycles. The molecule has 0 spiro atoms. The summed E-state index contributed by atoms with van der Waals surface area (Å²) in [6.07, 6.45) is 1.90. The molecule has 4 rings (SSSR count). The van der Waals surface area contributed by atoms with E-state index in [1.807, 2.05) is 18.2 Å². The van der Waals surface area contributed by atoms with Crippen LogP contribution in [0.3, 0.4) is 0 Å². The third-order valence-corrected chi connectivity index (χ3v) is 5.21. The van der Waals surface area contributed by atoms with Gasteiger partial charge in [0.25, 0.3) is 17.4 Å². The molecule has 2 heterocycles. The number of carbonyl (C=O) groups is 2. The van der Waals surface area contributed by atoms with Gasteiger partial charge in [-0.15, -0.1) is 0 Å². The summed E-state index contributed by atoms with van der Waals surface area (Å²) in [5.41, 5.74) is 6.41. The Hall–Kier alpha value is -3.94. The predicted octanol–water partition coefficient (Wildman–Crippen LogP) is 2.04. The van der Waals surface area contributed by atoms with E-state index >= 15 is 0 Å². The zero-order chi connectivity index (χ0) is 22.0. The monoisotopic (exact) mass is 421 g/mol. The number of halogens is 1. The molecule has 1 aromatic heterocycles. The molecule has 0 bridgehead atoms. The number of nitrogens with two attached hydrogens (primary N) is 1. The van der Waals surface area contributed by atoms with E-state index in [4.69, 9.17) is 10.5 Å². The van der Waals surface area contributed by atoms with Crippen molar-refractivity contribution in [3.8, 4) is 11.4 Å². The Labute approximate surface area is 177 Å². The number of pyridine rings is 1. The van der Waals surface area contributed by atoms with Crippen molar-refractivity contribution in [2.45, 2.75) is 13.0 Å². The van der Waals surface area contributed by atoms with Gasteiger partial charge in [0.05, 0.1) is 0 Å². The van der Waals surface area contributed by atoms with Crippen LogP contribution in [0.15, 0.2) is 65.6 Å². The molecule has 0 saturated carbocycles. The van der Waals surface area contributed by atoms with Crippen molar-refractivity contribution < 1.29 is 18.7 Å². The van der Waals surface area contributed by atoms with Crippen molar-refractivity contribution in [3.63, 3.8) is 0 Å². The molecule has 2 N–H and O–H groups in total. The van der Waals surface area contributed by atoms with Gasteiger partial charge in [0.1, 0.15) is 17.1 Å². The van der Waals surface area contributed by atoms with Crippen LogP contribution in [0.2, 0.25) is 0 Å². The number of hydrogen-bond acceptors (Lipinski definition) is 4. The Balaban J connectivity index is 1.63. The minimum absolute atomic E-state index is 0.102. The molecule has 3 aromatic rings. The number of aromatic nitrogens is 1. The fourth-order valence-electron chi connectivity index (χ4n) is 3.67. The topological polar surface area (TPSA) is 94.6 Å². The Morgan fingerprint density at radius 3 is 2.45 bits per heavy atom. The van der Waals surface area contributed by atoms with E-state index in [9.17, 15) is 18.8 Å². The zero-order valence-electron chi connectivity index (χ0n) is 16.6. The van der Waals surface area contributed by atoms with Gasteiger partial charge in [-0.2, -0.15) is 0 Å². The number of carbonyl (C=O) groups excluding carboxylic acids is 2. The van der Waals surface area contributed by atoms with E-state index in [1.165, 1.54) is 28.8 Å². The van der Waals surface area contributed by atoms with E-state index in [0.717, 1.165) is 0 Å². The van der Waals surface area contributed by atoms with Crippen molar-refractivity contribution in [1.82, 2.24) is 9.47 Å². The second kappa shape index (κ2) is 8.43. The first-order valence-corrected chi connectivity index (χ1v) is 9.73. The van der Waals surface area contributed by atoms with E-state index < -0.39 is 17.3 Å². The van der Waals surface area contributed by atoms with Crippen molar-refractivity contribution in [2.24, 2.45) is 5.73 Å². The molecule has 0 fully saturated rings. The minimum atomic E-state index is -0.829. The lowest BCUT2D eigenvalue weighted by Gasteiger charge is -2.30. The molecule has 8 heteroatoms. The van der Waals surface area contributed by atoms with E-state index in [-0.39, 0.29) is 24.6 Å². The quantitative estimate of drug-likeness (QED) is 0.682. The van der Waals surface area contributed by atoms with E-state index in [2.05, 4.69) is 0 Å². The maximum Gasteiger partial charge on any atom is 0.268 e. The summed E-state index contributed by atoms with van der Waals surface area (Å²) in [4.78, 5) is 39.2. The summed E-state index contributed by atoms with van der Waals surface area (Å²) < 4.78 is 20.1. The van der Waals surface area contributed by atoms with Gasteiger partial charge in [-0.3, -0.25) is 19.0 Å². The largest absolute Gasteiger partial charge is 0.484 e. The molecule has 7 nitrogen and oxygen atoms in total. The summed E-state index contributed by atoms with van der Waals surface area (Å²) in [6.45, 7) is 0.415. The van der Waals surface area contributed by atoms with Crippen LogP contribution >= 0.6 is 0 Å². The number of amides is 2. The van der Waals surface area contributed by atoms with Crippen molar-refractivity contribution in [3.05, 3.63) is 93.7 Å². The SMILES string of the molecule is NC(=O)c1c2c(cn(-c3ccc(F)cc3)c1=O)CN(C(=O)COc1ccccc1)CC2. The molecule has 1 aliphatic rings. The molecular weight excluding hydrogens is 401 g/mol. The van der Waals surface area contributed by atoms with Crippen LogP contribution in [0.1, 0.15) is 21.5 Å². The molecular formula is C23H20FN3O4. The lowest BCUT2D eigenvalue weighted by atomic mass is 9.96. The first-order valence-electron chi connectivity index (χ1n) is 9.73. The number of hydrogen-bond donors (Lipinski definition) is 1. The highest BCUT2D eigenvalue weighted by atomic mass is 19.1. The summed E-state index contributed by atoms with van der Waals surface area (Å²) >= 11 is 0. The number of fused-ring (bicyclic) bond motifs is 1. The molecule has 0 saturated heterocycles. The minimum Gasteiger partial charge on any atom is -0.484 e. The molecule has 0 radical (unpaired) electrons. The first kappa shape index (κ1) is 20.3. The molecule has 0 atom stereocenters. The van der Waals surface area contributed by atoms with Gasteiger partial charge in [-0.1, -0.05) is 18.2 Å². The second-order valence-electron chi connectivity index (χ2n) is 7.19. The molecule has 1 aliphatic heterocycles. The smallest absolute Gasteiger partial charge is 0.268 e. The molecule has 0 unspecified atom stereocenters. The summed E-state index contributed by atoms with van der Waals surface area (Å²) in [5, 5.41) is 0. The third kappa shape index (κ3) is 4.18. The van der Waals surface area contributed by atoms with Gasteiger partial charge in [0.15, 0.2) is 6.61 Å². The highest BCUT2D eigenvalue weighted by molar-refractivity contribution is 5.94. The molecule has 31 heavy (non-hydrogen) atoms. The number of primary amides is 1. The van der Waals surface area contributed by atoms with Crippen LogP contribution in [0.5, 0.6) is 5.75 Å². The van der Waals surface area contributed by atoms with Gasteiger partial charge in [0, 0.05) is 25.0 Å². The maximum absolute atomic E-state index is 13.3. The predicted molar refractivity (Wildman–Crippen MR) is 112 cm³/mol. The standard InChI is InChI=1S/C23H20FN3O4/c24-16-6-8-17(9-7-16)27-13-15-12-26(11-10-19(15)21(22(25)29)23(27)30)20(28)14-31-18-4-2-1-3-5-18/h1-9,13H,10-12,14H2,(H2,25,29). The van der Waals surface area contributed by atoms with Gasteiger partial charge in [-0.25, -0.2) is 4.39 Å². The Morgan fingerprint density at radius 1 is 1.06 bits per heavy atom. The molecule has 2 amide bonds. The first-order chi connectivity index (χ1) is 14.9. The lowest BCUT2D eigenvalue weighted by molar-refractivity contribution is -0.134. The maximum atomic E-state index is 13.3. The summed E-state index contributed by atoms with van der Waals surface area (Å²) in [7, 11) is 0. The van der Waals surface area contributed by atoms with Gasteiger partial charge < -0.3 is 15.4 Å². The highest BCUT2D eigenvalue weighted by Crippen LogP contribution is 2.22. The van der Waals surface area contributed by atoms with Crippen molar-refractivity contribution >= 4 is 11.8 Å². The van der Waals surface area contributed by atoms with Crippen molar-refractivity contribution in [2.75, 3.05) is 13.2 Å². The zero-order valence-corrected chi connectivity index (χ0v) is 16.6. The fourth-order valence-corrected chi connectivity index (χ4v) is 3.67. The molecule has 2 aromatic carbocycles. The van der Waals surface area contributed by atoms with Gasteiger partial charge in [0.2, 0.25) is 0 Å². The lowest BCUT2D eigenvalue weighted by Crippen LogP contribution is -2.42. The second-order valence-corrected chi connectivity index (χ2v) is 7.19. The van der Waals surface area contributed by atoms with E-state index in [0.29, 0.717) is 35.5 Å². The molecule has 158 valence electrons. The Bertz CT molecular complexity index is 1190. The summed E-state index contributed by atoms with van der Waals surface area (Å²) in [5.74, 6) is -0.894. The highest BCUT2D eigenvalue weighted by Gasteiger charge is 2.27. The van der Waals surface area contributed by atoms with Crippen LogP contribution in [0, 0.1) is 5.82 Å². The van der Waals surface area contributed by atoms with Crippen LogP contribution in [-0.4, -0.2) is 34.4 Å². The number of ether oxygens (including phenoxy) is 1. The normalized spacial score (nSPS) is 12.9. The fraction of sp³-hybridized carbons (Fsp3) is 0.174. The number of nitrogens with zero attached hydrogens (tertiary/aromatic N) is 2. The summed E-state index contributed by atoms with van der Waals surface area (Å²) in [6, 6.07) is 14.3.